The summed E-state index contributed by atoms with van der Waals surface area (Å²) in [5.74, 6) is 0.615. The van der Waals surface area contributed by atoms with E-state index in [2.05, 4.69) is 6.07 Å². The normalized spacial score (nSPS) is 24.0. The number of ether oxygens (including phenoxy) is 1. The van der Waals surface area contributed by atoms with Crippen LogP contribution in [0.4, 0.5) is 0 Å². The average molecular weight is 390 g/mol. The van der Waals surface area contributed by atoms with Gasteiger partial charge in [-0.3, -0.25) is 4.79 Å². The maximum absolute atomic E-state index is 13.0. The van der Waals surface area contributed by atoms with Crippen molar-refractivity contribution in [1.29, 1.82) is 5.26 Å². The first-order valence-corrected chi connectivity index (χ1v) is 10.3. The van der Waals surface area contributed by atoms with Gasteiger partial charge in [-0.2, -0.15) is 5.26 Å². The number of hydrogen-bond donors (Lipinski definition) is 1. The molecule has 3 atom stereocenters. The zero-order valence-corrected chi connectivity index (χ0v) is 16.6. The van der Waals surface area contributed by atoms with Crippen LogP contribution in [0.15, 0.2) is 48.5 Å². The third-order valence-electron chi connectivity index (χ3n) is 6.41. The Morgan fingerprint density at radius 3 is 2.48 bits per heavy atom. The second-order valence-corrected chi connectivity index (χ2v) is 7.89. The summed E-state index contributed by atoms with van der Waals surface area (Å²) < 4.78 is 5.25. The van der Waals surface area contributed by atoms with Crippen molar-refractivity contribution < 1.29 is 14.6 Å². The molecule has 1 aliphatic heterocycles. The molecule has 2 aromatic rings. The largest absolute Gasteiger partial charge is 0.497 e. The van der Waals surface area contributed by atoms with E-state index in [0.29, 0.717) is 0 Å². The Labute approximate surface area is 171 Å². The second kappa shape index (κ2) is 8.26. The number of nitriles is 1. The molecule has 5 nitrogen and oxygen atoms in total. The summed E-state index contributed by atoms with van der Waals surface area (Å²) in [6.45, 7) is -0.141. The average Bonchev–Trinajstić information content (AvgIpc) is 3.29. The highest BCUT2D eigenvalue weighted by molar-refractivity contribution is 5.82. The van der Waals surface area contributed by atoms with E-state index in [9.17, 15) is 15.2 Å². The lowest BCUT2D eigenvalue weighted by Crippen LogP contribution is -2.66. The van der Waals surface area contributed by atoms with Crippen LogP contribution in [0, 0.1) is 17.2 Å². The van der Waals surface area contributed by atoms with E-state index in [1.165, 1.54) is 0 Å². The van der Waals surface area contributed by atoms with Crippen LogP contribution in [-0.2, 0) is 4.79 Å². The van der Waals surface area contributed by atoms with Crippen molar-refractivity contribution in [2.75, 3.05) is 13.7 Å². The molecule has 29 heavy (non-hydrogen) atoms. The number of hydrogen-bond acceptors (Lipinski definition) is 4. The van der Waals surface area contributed by atoms with Crippen molar-refractivity contribution in [2.24, 2.45) is 5.92 Å². The van der Waals surface area contributed by atoms with Gasteiger partial charge in [-0.1, -0.05) is 49.2 Å². The standard InChI is InChI=1S/C24H26N2O3/c1-29-18-12-10-16(11-13-18)19-8-4-5-9-20(19)23-21(14-25)26(22(23)15-27)24(28)17-6-2-3-7-17/h4-5,8-13,17,21-23,27H,2-3,6-7,15H2,1H3/t21-,22-,23+/m1/s1. The molecule has 1 N–H and O–H groups in total. The van der Waals surface area contributed by atoms with Gasteiger partial charge in [0, 0.05) is 11.8 Å². The van der Waals surface area contributed by atoms with Crippen LogP contribution in [0.1, 0.15) is 37.2 Å². The lowest BCUT2D eigenvalue weighted by Gasteiger charge is -2.52. The Bertz CT molecular complexity index is 912. The van der Waals surface area contributed by atoms with Gasteiger partial charge in [0.05, 0.1) is 25.8 Å². The Balaban J connectivity index is 1.67. The minimum atomic E-state index is -0.542. The first-order valence-electron chi connectivity index (χ1n) is 10.3. The molecule has 4 rings (SSSR count). The minimum absolute atomic E-state index is 0.00215. The molecular weight excluding hydrogens is 364 g/mol. The maximum Gasteiger partial charge on any atom is 0.227 e. The number of nitrogens with zero attached hydrogens (tertiary/aromatic N) is 2. The third-order valence-corrected chi connectivity index (χ3v) is 6.41. The molecule has 150 valence electrons. The van der Waals surface area contributed by atoms with E-state index < -0.39 is 6.04 Å². The summed E-state index contributed by atoms with van der Waals surface area (Å²) in [4.78, 5) is 14.7. The molecule has 1 saturated carbocycles. The van der Waals surface area contributed by atoms with E-state index in [4.69, 9.17) is 4.74 Å². The summed E-state index contributed by atoms with van der Waals surface area (Å²) in [7, 11) is 1.64. The molecule has 0 aromatic heterocycles. The Morgan fingerprint density at radius 1 is 1.17 bits per heavy atom. The van der Waals surface area contributed by atoms with Crippen LogP contribution in [0.2, 0.25) is 0 Å². The van der Waals surface area contributed by atoms with Crippen molar-refractivity contribution in [2.45, 2.75) is 43.7 Å². The highest BCUT2D eigenvalue weighted by Gasteiger charge is 2.53. The molecule has 0 bridgehead atoms. The molecule has 5 heteroatoms. The van der Waals surface area contributed by atoms with Gasteiger partial charge >= 0.3 is 0 Å². The van der Waals surface area contributed by atoms with E-state index in [1.54, 1.807) is 12.0 Å². The fourth-order valence-corrected chi connectivity index (χ4v) is 4.89. The van der Waals surface area contributed by atoms with Crippen molar-refractivity contribution in [3.63, 3.8) is 0 Å². The number of methoxy groups -OCH3 is 1. The lowest BCUT2D eigenvalue weighted by molar-refractivity contribution is -0.151. The van der Waals surface area contributed by atoms with Crippen LogP contribution in [0.25, 0.3) is 11.1 Å². The summed E-state index contributed by atoms with van der Waals surface area (Å²) >= 11 is 0. The smallest absolute Gasteiger partial charge is 0.227 e. The van der Waals surface area contributed by atoms with Gasteiger partial charge in [0.15, 0.2) is 0 Å². The van der Waals surface area contributed by atoms with Crippen LogP contribution in [0.3, 0.4) is 0 Å². The monoisotopic (exact) mass is 390 g/mol. The topological polar surface area (TPSA) is 73.6 Å². The quantitative estimate of drug-likeness (QED) is 0.844. The zero-order chi connectivity index (χ0) is 20.4. The predicted octanol–water partition coefficient (Wildman–Crippen LogP) is 3.73. The van der Waals surface area contributed by atoms with E-state index >= 15 is 0 Å². The van der Waals surface area contributed by atoms with Gasteiger partial charge in [0.1, 0.15) is 11.8 Å². The minimum Gasteiger partial charge on any atom is -0.497 e. The number of amides is 1. The Morgan fingerprint density at radius 2 is 1.86 bits per heavy atom. The molecule has 0 unspecified atom stereocenters. The van der Waals surface area contributed by atoms with Crippen molar-refractivity contribution >= 4 is 5.91 Å². The molecule has 1 heterocycles. The number of likely N-dealkylation sites (tertiary alicyclic amines) is 1. The van der Waals surface area contributed by atoms with Crippen LogP contribution >= 0.6 is 0 Å². The molecule has 2 aliphatic rings. The van der Waals surface area contributed by atoms with Gasteiger partial charge in [-0.25, -0.2) is 0 Å². The molecule has 2 aromatic carbocycles. The highest BCUT2D eigenvalue weighted by atomic mass is 16.5. The number of aliphatic hydroxyl groups excluding tert-OH is 1. The summed E-state index contributed by atoms with van der Waals surface area (Å²) in [6, 6.07) is 17.2. The number of carbonyl (C=O) groups excluding carboxylic acids is 1. The fraction of sp³-hybridized carbons (Fsp3) is 0.417. The van der Waals surface area contributed by atoms with Gasteiger partial charge in [0.2, 0.25) is 5.91 Å². The lowest BCUT2D eigenvalue weighted by atomic mass is 9.73. The molecule has 2 fully saturated rings. The zero-order valence-electron chi connectivity index (χ0n) is 16.6. The van der Waals surface area contributed by atoms with Gasteiger partial charge < -0.3 is 14.7 Å². The maximum atomic E-state index is 13.0. The first kappa shape index (κ1) is 19.5. The van der Waals surface area contributed by atoms with Crippen LogP contribution in [-0.4, -0.2) is 41.7 Å². The number of aliphatic hydroxyl groups is 1. The Hall–Kier alpha value is -2.84. The van der Waals surface area contributed by atoms with Crippen molar-refractivity contribution in [1.82, 2.24) is 4.90 Å². The van der Waals surface area contributed by atoms with Crippen molar-refractivity contribution in [3.8, 4) is 22.9 Å². The van der Waals surface area contributed by atoms with E-state index in [0.717, 1.165) is 48.1 Å². The molecule has 1 amide bonds. The first-order chi connectivity index (χ1) is 14.2. The number of carbonyl (C=O) groups is 1. The molecular formula is C24H26N2O3. The number of benzene rings is 2. The van der Waals surface area contributed by atoms with Gasteiger partial charge in [0.25, 0.3) is 0 Å². The molecule has 1 aliphatic carbocycles. The van der Waals surface area contributed by atoms with E-state index in [-0.39, 0.29) is 30.4 Å². The SMILES string of the molecule is COc1ccc(-c2ccccc2[C@H]2[C@@H](C#N)N(C(=O)C3CCCC3)[C@@H]2CO)cc1. The molecule has 0 spiro atoms. The highest BCUT2D eigenvalue weighted by Crippen LogP contribution is 2.45. The Kier molecular flexibility index (Phi) is 5.55. The summed E-state index contributed by atoms with van der Waals surface area (Å²) in [5.41, 5.74) is 3.04. The summed E-state index contributed by atoms with van der Waals surface area (Å²) in [5, 5.41) is 20.0. The molecule has 0 radical (unpaired) electrons. The molecule has 1 saturated heterocycles. The fourth-order valence-electron chi connectivity index (χ4n) is 4.89. The summed E-state index contributed by atoms with van der Waals surface area (Å²) in [6.07, 6.45) is 3.90. The van der Waals surface area contributed by atoms with Gasteiger partial charge in [-0.15, -0.1) is 0 Å². The third kappa shape index (κ3) is 3.38. The van der Waals surface area contributed by atoms with E-state index in [1.807, 2.05) is 48.5 Å². The predicted molar refractivity (Wildman–Crippen MR) is 110 cm³/mol. The number of rotatable bonds is 5. The second-order valence-electron chi connectivity index (χ2n) is 7.89. The van der Waals surface area contributed by atoms with Crippen LogP contribution in [0.5, 0.6) is 5.75 Å². The van der Waals surface area contributed by atoms with Crippen molar-refractivity contribution in [3.05, 3.63) is 54.1 Å². The van der Waals surface area contributed by atoms with Crippen LogP contribution < -0.4 is 4.74 Å². The van der Waals surface area contributed by atoms with Gasteiger partial charge in [-0.05, 0) is 41.7 Å².